The summed E-state index contributed by atoms with van der Waals surface area (Å²) in [7, 11) is 2.50. The number of rotatable bonds is 9. The Morgan fingerprint density at radius 3 is 2.25 bits per heavy atom. The molecule has 0 aliphatic heterocycles. The number of ether oxygens (including phenoxy) is 2. The fourth-order valence-corrected chi connectivity index (χ4v) is 1.66. The van der Waals surface area contributed by atoms with Gasteiger partial charge < -0.3 is 14.6 Å². The van der Waals surface area contributed by atoms with Crippen molar-refractivity contribution in [3.63, 3.8) is 0 Å². The van der Waals surface area contributed by atoms with Crippen molar-refractivity contribution < 1.29 is 24.2 Å². The molecule has 0 aromatic carbocycles. The topological polar surface area (TPSA) is 72.8 Å². The number of methoxy groups -OCH3 is 2. The average Bonchev–Trinajstić information content (AvgIpc) is 2.47. The first-order chi connectivity index (χ1) is 9.46. The molecule has 0 saturated heterocycles. The van der Waals surface area contributed by atoms with Crippen LogP contribution in [0.1, 0.15) is 32.6 Å². The summed E-state index contributed by atoms with van der Waals surface area (Å²) >= 11 is 0. The molecule has 0 heterocycles. The van der Waals surface area contributed by atoms with Gasteiger partial charge in [0.05, 0.1) is 20.8 Å². The van der Waals surface area contributed by atoms with Gasteiger partial charge >= 0.3 is 11.9 Å². The van der Waals surface area contributed by atoms with E-state index in [1.54, 1.807) is 0 Å². The van der Waals surface area contributed by atoms with Gasteiger partial charge in [0.2, 0.25) is 0 Å². The Balaban J connectivity index is 4.21. The number of aliphatic hydroxyl groups is 1. The maximum absolute atomic E-state index is 11.5. The number of carbonyl (C=O) groups excluding carboxylic acids is 2. The molecule has 0 saturated carbocycles. The van der Waals surface area contributed by atoms with Crippen molar-refractivity contribution in [2.24, 2.45) is 5.92 Å². The average molecular weight is 284 g/mol. The first-order valence-electron chi connectivity index (χ1n) is 6.55. The molecule has 20 heavy (non-hydrogen) atoms. The van der Waals surface area contributed by atoms with Crippen molar-refractivity contribution in [3.05, 3.63) is 23.8 Å². The Labute approximate surface area is 120 Å². The van der Waals surface area contributed by atoms with Gasteiger partial charge in [-0.3, -0.25) is 9.59 Å². The molecule has 0 radical (unpaired) electrons. The number of hydrogen-bond donors (Lipinski definition) is 1. The summed E-state index contributed by atoms with van der Waals surface area (Å²) in [5, 5.41) is 8.87. The lowest BCUT2D eigenvalue weighted by atomic mass is 9.98. The Bertz CT molecular complexity index is 354. The summed E-state index contributed by atoms with van der Waals surface area (Å²) in [6, 6.07) is 0. The Morgan fingerprint density at radius 2 is 1.80 bits per heavy atom. The molecule has 5 nitrogen and oxygen atoms in total. The molecule has 0 aliphatic carbocycles. The zero-order valence-corrected chi connectivity index (χ0v) is 12.5. The second-order valence-electron chi connectivity index (χ2n) is 4.65. The summed E-state index contributed by atoms with van der Waals surface area (Å²) in [4.78, 5) is 22.9. The molecular formula is C15H24O5. The van der Waals surface area contributed by atoms with Crippen LogP contribution < -0.4 is 0 Å². The molecular weight excluding hydrogens is 260 g/mol. The summed E-state index contributed by atoms with van der Waals surface area (Å²) in [5.41, 5.74) is 1.89. The van der Waals surface area contributed by atoms with Crippen LogP contribution in [0.25, 0.3) is 0 Å². The van der Waals surface area contributed by atoms with Gasteiger partial charge in [-0.1, -0.05) is 23.8 Å². The van der Waals surface area contributed by atoms with Gasteiger partial charge in [0, 0.05) is 0 Å². The summed E-state index contributed by atoms with van der Waals surface area (Å²) in [5.74, 6) is -2.01. The zero-order chi connectivity index (χ0) is 15.5. The Morgan fingerprint density at radius 1 is 1.25 bits per heavy atom. The first kappa shape index (κ1) is 18.4. The van der Waals surface area contributed by atoms with E-state index in [0.717, 1.165) is 11.1 Å². The van der Waals surface area contributed by atoms with Crippen molar-refractivity contribution in [1.29, 1.82) is 0 Å². The van der Waals surface area contributed by atoms with Crippen LogP contribution in [0.2, 0.25) is 0 Å². The van der Waals surface area contributed by atoms with E-state index in [0.29, 0.717) is 25.7 Å². The van der Waals surface area contributed by atoms with Gasteiger partial charge in [-0.15, -0.1) is 0 Å². The van der Waals surface area contributed by atoms with Crippen LogP contribution in [-0.2, 0) is 19.1 Å². The fourth-order valence-electron chi connectivity index (χ4n) is 1.66. The first-order valence-corrected chi connectivity index (χ1v) is 6.55. The molecule has 0 unspecified atom stereocenters. The summed E-state index contributed by atoms with van der Waals surface area (Å²) in [6.07, 6.45) is 4.34. The SMILES string of the molecule is C=C(C/C=C(\C)CO)CCCC(C(=O)OC)C(=O)OC. The molecule has 0 aromatic rings. The zero-order valence-electron chi connectivity index (χ0n) is 12.5. The number of carbonyl (C=O) groups is 2. The second-order valence-corrected chi connectivity index (χ2v) is 4.65. The van der Waals surface area contributed by atoms with E-state index in [1.165, 1.54) is 14.2 Å². The predicted molar refractivity (Wildman–Crippen MR) is 76.0 cm³/mol. The highest BCUT2D eigenvalue weighted by atomic mass is 16.5. The van der Waals surface area contributed by atoms with Crippen LogP contribution in [0.15, 0.2) is 23.8 Å². The molecule has 0 atom stereocenters. The van der Waals surface area contributed by atoms with Crippen LogP contribution in [0.4, 0.5) is 0 Å². The third-order valence-corrected chi connectivity index (χ3v) is 2.98. The molecule has 0 rings (SSSR count). The summed E-state index contributed by atoms with van der Waals surface area (Å²) < 4.78 is 9.17. The molecule has 0 spiro atoms. The summed E-state index contributed by atoms with van der Waals surface area (Å²) in [6.45, 7) is 5.82. The molecule has 5 heteroatoms. The van der Waals surface area contributed by atoms with Gasteiger partial charge in [0.15, 0.2) is 5.92 Å². The monoisotopic (exact) mass is 284 g/mol. The molecule has 0 bridgehead atoms. The number of hydrogen-bond acceptors (Lipinski definition) is 5. The van der Waals surface area contributed by atoms with Crippen LogP contribution >= 0.6 is 0 Å². The molecule has 1 N–H and O–H groups in total. The minimum atomic E-state index is -0.868. The van der Waals surface area contributed by atoms with Gasteiger partial charge in [-0.2, -0.15) is 0 Å². The molecule has 0 aliphatic rings. The predicted octanol–water partition coefficient (Wildman–Crippen LogP) is 2.00. The molecule has 0 aromatic heterocycles. The smallest absolute Gasteiger partial charge is 0.320 e. The quantitative estimate of drug-likeness (QED) is 0.398. The van der Waals surface area contributed by atoms with E-state index in [9.17, 15) is 9.59 Å². The highest BCUT2D eigenvalue weighted by molar-refractivity contribution is 5.94. The lowest BCUT2D eigenvalue weighted by Crippen LogP contribution is -2.26. The van der Waals surface area contributed by atoms with E-state index in [1.807, 2.05) is 13.0 Å². The Kier molecular flexibility index (Phi) is 9.38. The third-order valence-electron chi connectivity index (χ3n) is 2.98. The van der Waals surface area contributed by atoms with E-state index in [4.69, 9.17) is 5.11 Å². The standard InChI is InChI=1S/C15H24O5/c1-11(8-9-12(2)10-16)6-5-7-13(14(17)19-3)15(18)20-4/h9,13,16H,1,5-8,10H2,2-4H3/b12-9+. The van der Waals surface area contributed by atoms with Gasteiger partial charge in [-0.25, -0.2) is 0 Å². The van der Waals surface area contributed by atoms with E-state index >= 15 is 0 Å². The minimum absolute atomic E-state index is 0.0417. The fraction of sp³-hybridized carbons (Fsp3) is 0.600. The van der Waals surface area contributed by atoms with Crippen LogP contribution in [-0.4, -0.2) is 37.9 Å². The number of esters is 2. The van der Waals surface area contributed by atoms with E-state index < -0.39 is 17.9 Å². The van der Waals surface area contributed by atoms with Gasteiger partial charge in [0.25, 0.3) is 0 Å². The van der Waals surface area contributed by atoms with Gasteiger partial charge in [-0.05, 0) is 32.6 Å². The van der Waals surface area contributed by atoms with Crippen molar-refractivity contribution in [1.82, 2.24) is 0 Å². The largest absolute Gasteiger partial charge is 0.468 e. The van der Waals surface area contributed by atoms with E-state index in [-0.39, 0.29) is 6.61 Å². The van der Waals surface area contributed by atoms with Gasteiger partial charge in [0.1, 0.15) is 0 Å². The van der Waals surface area contributed by atoms with E-state index in [2.05, 4.69) is 16.1 Å². The maximum Gasteiger partial charge on any atom is 0.320 e. The lowest BCUT2D eigenvalue weighted by molar-refractivity contribution is -0.159. The van der Waals surface area contributed by atoms with Crippen LogP contribution in [0, 0.1) is 5.92 Å². The highest BCUT2D eigenvalue weighted by Gasteiger charge is 2.27. The third kappa shape index (κ3) is 7.09. The van der Waals surface area contributed by atoms with Crippen molar-refractivity contribution in [2.45, 2.75) is 32.6 Å². The number of aliphatic hydroxyl groups excluding tert-OH is 1. The van der Waals surface area contributed by atoms with Crippen molar-refractivity contribution >= 4 is 11.9 Å². The normalized spacial score (nSPS) is 11.3. The van der Waals surface area contributed by atoms with Crippen LogP contribution in [0.5, 0.6) is 0 Å². The number of allylic oxidation sites excluding steroid dienone is 2. The second kappa shape index (κ2) is 10.2. The molecule has 0 fully saturated rings. The molecule has 0 amide bonds. The van der Waals surface area contributed by atoms with Crippen LogP contribution in [0.3, 0.4) is 0 Å². The highest BCUT2D eigenvalue weighted by Crippen LogP contribution is 2.17. The lowest BCUT2D eigenvalue weighted by Gasteiger charge is -2.12. The van der Waals surface area contributed by atoms with Crippen molar-refractivity contribution in [2.75, 3.05) is 20.8 Å². The Hall–Kier alpha value is -1.62. The maximum atomic E-state index is 11.5. The minimum Gasteiger partial charge on any atom is -0.468 e. The van der Waals surface area contributed by atoms with Crippen molar-refractivity contribution in [3.8, 4) is 0 Å². The molecule has 114 valence electrons.